The zero-order chi connectivity index (χ0) is 29.1. The number of benzene rings is 1. The Hall–Kier alpha value is -3.27. The highest BCUT2D eigenvalue weighted by Gasteiger charge is 2.42. The molecule has 2 fully saturated rings. The van der Waals surface area contributed by atoms with E-state index in [1.54, 1.807) is 0 Å². The Bertz CT molecular complexity index is 1380. The third-order valence-corrected chi connectivity index (χ3v) is 8.57. The van der Waals surface area contributed by atoms with E-state index in [1.165, 1.54) is 17.0 Å². The van der Waals surface area contributed by atoms with Gasteiger partial charge in [-0.2, -0.15) is 0 Å². The molecule has 9 heteroatoms. The van der Waals surface area contributed by atoms with Crippen LogP contribution in [0.1, 0.15) is 60.6 Å². The molecule has 1 amide bonds. The standard InChI is InChI=1S/C32H42N6O2S/c1-21(2)31(39)34-27-11-10-25(19-22(27)3)38-30(29(35-32(38)41)28-9-6-7-12-33-28)26-20-23(4)37(24(26)5)14-8-13-36-15-17-40-18-16-36/h6-7,9-12,19-21,29-30H,8,13-18H2,1-5H3,(H,34,39)(H,35,41)/t29-,30+/m1/s1. The van der Waals surface area contributed by atoms with Crippen LogP contribution in [0.2, 0.25) is 0 Å². The molecule has 218 valence electrons. The summed E-state index contributed by atoms with van der Waals surface area (Å²) in [5.41, 5.74) is 7.51. The Labute approximate surface area is 249 Å². The highest BCUT2D eigenvalue weighted by Crippen LogP contribution is 2.44. The molecule has 0 radical (unpaired) electrons. The summed E-state index contributed by atoms with van der Waals surface area (Å²) in [5, 5.41) is 7.31. The molecule has 3 aromatic rings. The first kappa shape index (κ1) is 29.2. The molecule has 2 saturated heterocycles. The number of nitrogens with zero attached hydrogens (tertiary/aromatic N) is 4. The number of aryl methyl sites for hydroxylation is 2. The van der Waals surface area contributed by atoms with Gasteiger partial charge in [0.1, 0.15) is 0 Å². The molecule has 2 aromatic heterocycles. The van der Waals surface area contributed by atoms with Gasteiger partial charge in [-0.1, -0.05) is 19.9 Å². The number of anilines is 2. The van der Waals surface area contributed by atoms with E-state index in [-0.39, 0.29) is 23.9 Å². The second-order valence-corrected chi connectivity index (χ2v) is 11.8. The van der Waals surface area contributed by atoms with E-state index < -0.39 is 0 Å². The van der Waals surface area contributed by atoms with Gasteiger partial charge in [0.25, 0.3) is 0 Å². The fraction of sp³-hybridized carbons (Fsp3) is 0.469. The van der Waals surface area contributed by atoms with E-state index in [1.807, 2.05) is 51.2 Å². The van der Waals surface area contributed by atoms with Gasteiger partial charge < -0.3 is 24.8 Å². The molecule has 0 bridgehead atoms. The molecule has 0 spiro atoms. The van der Waals surface area contributed by atoms with Crippen LogP contribution in [0.25, 0.3) is 0 Å². The maximum atomic E-state index is 12.4. The van der Waals surface area contributed by atoms with Gasteiger partial charge in [-0.3, -0.25) is 14.7 Å². The van der Waals surface area contributed by atoms with Crippen LogP contribution >= 0.6 is 12.2 Å². The highest BCUT2D eigenvalue weighted by atomic mass is 32.1. The summed E-state index contributed by atoms with van der Waals surface area (Å²) in [7, 11) is 0. The molecule has 0 aliphatic carbocycles. The van der Waals surface area contributed by atoms with Crippen LogP contribution in [0.5, 0.6) is 0 Å². The zero-order valence-electron chi connectivity index (χ0n) is 24.8. The third kappa shape index (κ3) is 6.32. The summed E-state index contributed by atoms with van der Waals surface area (Å²) in [6, 6.07) is 14.3. The molecule has 8 nitrogen and oxygen atoms in total. The zero-order valence-corrected chi connectivity index (χ0v) is 25.6. The summed E-state index contributed by atoms with van der Waals surface area (Å²) >= 11 is 5.98. The summed E-state index contributed by atoms with van der Waals surface area (Å²) in [6.45, 7) is 16.0. The van der Waals surface area contributed by atoms with Crippen LogP contribution in [-0.4, -0.2) is 58.3 Å². The molecular formula is C32H42N6O2S. The summed E-state index contributed by atoms with van der Waals surface area (Å²) in [6.07, 6.45) is 2.93. The molecule has 5 rings (SSSR count). The normalized spacial score (nSPS) is 19.6. The molecule has 0 saturated carbocycles. The van der Waals surface area contributed by atoms with Crippen LogP contribution in [0.3, 0.4) is 0 Å². The Kier molecular flexibility index (Phi) is 9.06. The summed E-state index contributed by atoms with van der Waals surface area (Å²) in [5.74, 6) is -0.0783. The van der Waals surface area contributed by atoms with Gasteiger partial charge >= 0.3 is 0 Å². The summed E-state index contributed by atoms with van der Waals surface area (Å²) in [4.78, 5) is 21.8. The molecule has 1 aromatic carbocycles. The van der Waals surface area contributed by atoms with Crippen molar-refractivity contribution in [2.24, 2.45) is 5.92 Å². The molecule has 2 N–H and O–H groups in total. The maximum absolute atomic E-state index is 12.4. The highest BCUT2D eigenvalue weighted by molar-refractivity contribution is 7.80. The number of ether oxygens (including phenoxy) is 1. The second-order valence-electron chi connectivity index (χ2n) is 11.4. The Balaban J connectivity index is 1.47. The first-order valence-corrected chi connectivity index (χ1v) is 15.0. The smallest absolute Gasteiger partial charge is 0.226 e. The average molecular weight is 575 g/mol. The van der Waals surface area contributed by atoms with Crippen molar-refractivity contribution in [2.75, 3.05) is 43.1 Å². The predicted octanol–water partition coefficient (Wildman–Crippen LogP) is 5.30. The molecule has 4 heterocycles. The van der Waals surface area contributed by atoms with E-state index in [0.717, 1.165) is 68.4 Å². The van der Waals surface area contributed by atoms with Crippen molar-refractivity contribution in [1.29, 1.82) is 0 Å². The van der Waals surface area contributed by atoms with Crippen LogP contribution in [0.15, 0.2) is 48.7 Å². The van der Waals surface area contributed by atoms with Gasteiger partial charge in [0.2, 0.25) is 5.91 Å². The molecular weight excluding hydrogens is 532 g/mol. The number of amides is 1. The van der Waals surface area contributed by atoms with Gasteiger partial charge in [-0.05, 0) is 86.9 Å². The fourth-order valence-electron chi connectivity index (χ4n) is 5.91. The monoisotopic (exact) mass is 574 g/mol. The van der Waals surface area contributed by atoms with E-state index in [4.69, 9.17) is 21.9 Å². The first-order valence-electron chi connectivity index (χ1n) is 14.6. The topological polar surface area (TPSA) is 74.7 Å². The SMILES string of the molecule is Cc1cc(N2C(=S)N[C@H](c3ccccn3)[C@@H]2c2cc(C)n(CCCN3CCOCC3)c2C)ccc1NC(=O)C(C)C. The minimum Gasteiger partial charge on any atom is -0.379 e. The van der Waals surface area contributed by atoms with Crippen molar-refractivity contribution in [2.45, 2.75) is 59.7 Å². The Morgan fingerprint density at radius 3 is 2.59 bits per heavy atom. The number of pyridine rings is 1. The number of morpholine rings is 1. The quantitative estimate of drug-likeness (QED) is 0.336. The number of hydrogen-bond acceptors (Lipinski definition) is 5. The minimum atomic E-state index is -0.105. The lowest BCUT2D eigenvalue weighted by molar-refractivity contribution is -0.118. The number of thiocarbonyl (C=S) groups is 1. The lowest BCUT2D eigenvalue weighted by atomic mass is 9.96. The Morgan fingerprint density at radius 2 is 1.90 bits per heavy atom. The van der Waals surface area contributed by atoms with Crippen LogP contribution in [0.4, 0.5) is 11.4 Å². The largest absolute Gasteiger partial charge is 0.379 e. The molecule has 0 unspecified atom stereocenters. The Morgan fingerprint density at radius 1 is 1.12 bits per heavy atom. The third-order valence-electron chi connectivity index (χ3n) is 8.26. The number of hydrogen-bond donors (Lipinski definition) is 2. The van der Waals surface area contributed by atoms with E-state index >= 15 is 0 Å². The number of aromatic nitrogens is 2. The van der Waals surface area contributed by atoms with Gasteiger partial charge in [-0.25, -0.2) is 0 Å². The van der Waals surface area contributed by atoms with Crippen molar-refractivity contribution < 1.29 is 9.53 Å². The van der Waals surface area contributed by atoms with Gasteiger partial charge in [0.15, 0.2) is 5.11 Å². The average Bonchev–Trinajstić information content (AvgIpc) is 3.45. The molecule has 41 heavy (non-hydrogen) atoms. The van der Waals surface area contributed by atoms with Crippen molar-refractivity contribution in [3.8, 4) is 0 Å². The lowest BCUT2D eigenvalue weighted by Crippen LogP contribution is -2.37. The fourth-order valence-corrected chi connectivity index (χ4v) is 6.26. The van der Waals surface area contributed by atoms with E-state index in [0.29, 0.717) is 5.11 Å². The van der Waals surface area contributed by atoms with E-state index in [2.05, 4.69) is 57.0 Å². The van der Waals surface area contributed by atoms with Gasteiger partial charge in [0, 0.05) is 61.1 Å². The van der Waals surface area contributed by atoms with Gasteiger partial charge in [0.05, 0.1) is 31.0 Å². The number of carbonyl (C=O) groups is 1. The van der Waals surface area contributed by atoms with Crippen LogP contribution in [0, 0.1) is 26.7 Å². The van der Waals surface area contributed by atoms with Crippen LogP contribution < -0.4 is 15.5 Å². The van der Waals surface area contributed by atoms with Crippen molar-refractivity contribution in [3.63, 3.8) is 0 Å². The second kappa shape index (κ2) is 12.7. The predicted molar refractivity (Wildman–Crippen MR) is 168 cm³/mol. The molecule has 2 aliphatic heterocycles. The number of rotatable bonds is 9. The number of carbonyl (C=O) groups excluding carboxylic acids is 1. The maximum Gasteiger partial charge on any atom is 0.226 e. The molecule has 2 aliphatic rings. The van der Waals surface area contributed by atoms with Crippen molar-refractivity contribution >= 4 is 34.6 Å². The summed E-state index contributed by atoms with van der Waals surface area (Å²) < 4.78 is 7.96. The van der Waals surface area contributed by atoms with Gasteiger partial charge in [-0.15, -0.1) is 0 Å². The van der Waals surface area contributed by atoms with Crippen LogP contribution in [-0.2, 0) is 16.1 Å². The number of nitrogens with one attached hydrogen (secondary N) is 2. The van der Waals surface area contributed by atoms with Crippen molar-refractivity contribution in [1.82, 2.24) is 19.8 Å². The lowest BCUT2D eigenvalue weighted by Gasteiger charge is -2.29. The van der Waals surface area contributed by atoms with E-state index in [9.17, 15) is 4.79 Å². The first-order chi connectivity index (χ1) is 19.7. The minimum absolute atomic E-state index is 0.00774. The molecule has 2 atom stereocenters. The van der Waals surface area contributed by atoms with Crippen molar-refractivity contribution in [3.05, 3.63) is 76.9 Å².